The second-order valence-corrected chi connectivity index (χ2v) is 3.61. The van der Waals surface area contributed by atoms with Gasteiger partial charge in [0.2, 0.25) is 0 Å². The summed E-state index contributed by atoms with van der Waals surface area (Å²) in [6, 6.07) is 3.32. The predicted molar refractivity (Wildman–Crippen MR) is 56.8 cm³/mol. The average Bonchev–Trinajstić information content (AvgIpc) is 2.55. The van der Waals surface area contributed by atoms with Gasteiger partial charge in [0.25, 0.3) is 0 Å². The molecule has 1 aromatic carbocycles. The van der Waals surface area contributed by atoms with Crippen LogP contribution < -0.4 is 5.73 Å². The van der Waals surface area contributed by atoms with E-state index < -0.39 is 11.6 Å². The smallest absolute Gasteiger partial charge is 0.128 e. The molecule has 0 radical (unpaired) electrons. The van der Waals surface area contributed by atoms with Gasteiger partial charge in [0.05, 0.1) is 12.7 Å². The molecule has 0 saturated carbocycles. The second-order valence-electron chi connectivity index (χ2n) is 3.61. The molecule has 1 heterocycles. The van der Waals surface area contributed by atoms with Crippen molar-refractivity contribution in [1.82, 2.24) is 9.78 Å². The van der Waals surface area contributed by atoms with Crippen LogP contribution in [0.4, 0.5) is 14.6 Å². The van der Waals surface area contributed by atoms with Gasteiger partial charge < -0.3 is 5.73 Å². The Morgan fingerprint density at radius 3 is 2.75 bits per heavy atom. The van der Waals surface area contributed by atoms with Crippen molar-refractivity contribution in [3.63, 3.8) is 0 Å². The van der Waals surface area contributed by atoms with Crippen LogP contribution in [0.2, 0.25) is 0 Å². The maximum atomic E-state index is 13.3. The fourth-order valence-electron chi connectivity index (χ4n) is 1.44. The van der Waals surface area contributed by atoms with Crippen LogP contribution in [-0.2, 0) is 6.54 Å². The van der Waals surface area contributed by atoms with E-state index in [-0.39, 0.29) is 12.1 Å². The number of aromatic nitrogens is 2. The molecule has 0 aliphatic rings. The van der Waals surface area contributed by atoms with Crippen molar-refractivity contribution < 1.29 is 8.78 Å². The van der Waals surface area contributed by atoms with Gasteiger partial charge in [0, 0.05) is 11.1 Å². The highest BCUT2D eigenvalue weighted by atomic mass is 19.1. The van der Waals surface area contributed by atoms with Crippen LogP contribution in [0, 0.1) is 18.6 Å². The molecule has 5 heteroatoms. The molecule has 0 unspecified atom stereocenters. The van der Waals surface area contributed by atoms with Crippen molar-refractivity contribution >= 4 is 5.82 Å². The average molecular weight is 223 g/mol. The zero-order chi connectivity index (χ0) is 11.7. The first-order chi connectivity index (χ1) is 7.58. The first-order valence-corrected chi connectivity index (χ1v) is 4.79. The quantitative estimate of drug-likeness (QED) is 0.847. The standard InChI is InChI=1S/C11H11F2N3/c1-7-5-15-16(11(7)14)6-8-4-9(12)2-3-10(8)13/h2-5H,6,14H2,1H3. The van der Waals surface area contributed by atoms with Gasteiger partial charge in [0.1, 0.15) is 17.5 Å². The number of benzene rings is 1. The number of hydrogen-bond donors (Lipinski definition) is 1. The van der Waals surface area contributed by atoms with Crippen LogP contribution >= 0.6 is 0 Å². The number of halogens is 2. The van der Waals surface area contributed by atoms with Crippen molar-refractivity contribution in [2.24, 2.45) is 0 Å². The lowest BCUT2D eigenvalue weighted by molar-refractivity contribution is 0.568. The fourth-order valence-corrected chi connectivity index (χ4v) is 1.44. The normalized spacial score (nSPS) is 10.7. The van der Waals surface area contributed by atoms with E-state index in [0.717, 1.165) is 23.8 Å². The summed E-state index contributed by atoms with van der Waals surface area (Å²) in [6.45, 7) is 1.93. The Hall–Kier alpha value is -1.91. The van der Waals surface area contributed by atoms with Gasteiger partial charge >= 0.3 is 0 Å². The largest absolute Gasteiger partial charge is 0.384 e. The van der Waals surface area contributed by atoms with E-state index in [1.54, 1.807) is 13.1 Å². The first-order valence-electron chi connectivity index (χ1n) is 4.79. The summed E-state index contributed by atoms with van der Waals surface area (Å²) < 4.78 is 27.7. The van der Waals surface area contributed by atoms with Crippen molar-refractivity contribution in [1.29, 1.82) is 0 Å². The van der Waals surface area contributed by atoms with Gasteiger partial charge in [-0.3, -0.25) is 0 Å². The summed E-state index contributed by atoms with van der Waals surface area (Å²) in [5.74, 6) is -0.475. The number of anilines is 1. The van der Waals surface area contributed by atoms with Gasteiger partial charge in [0.15, 0.2) is 0 Å². The summed E-state index contributed by atoms with van der Waals surface area (Å²) in [4.78, 5) is 0. The van der Waals surface area contributed by atoms with Crippen LogP contribution in [0.15, 0.2) is 24.4 Å². The SMILES string of the molecule is Cc1cnn(Cc2cc(F)ccc2F)c1N. The molecular formula is C11H11F2N3. The predicted octanol–water partition coefficient (Wildman–Crippen LogP) is 2.10. The van der Waals surface area contributed by atoms with Crippen LogP contribution in [0.3, 0.4) is 0 Å². The minimum Gasteiger partial charge on any atom is -0.384 e. The van der Waals surface area contributed by atoms with E-state index in [2.05, 4.69) is 5.10 Å². The highest BCUT2D eigenvalue weighted by Gasteiger charge is 2.08. The maximum absolute atomic E-state index is 13.3. The van der Waals surface area contributed by atoms with Gasteiger partial charge in [-0.2, -0.15) is 5.10 Å². The maximum Gasteiger partial charge on any atom is 0.128 e. The summed E-state index contributed by atoms with van der Waals surface area (Å²) in [5, 5.41) is 3.98. The Balaban J connectivity index is 2.33. The Labute approximate surface area is 91.5 Å². The van der Waals surface area contributed by atoms with E-state index >= 15 is 0 Å². The lowest BCUT2D eigenvalue weighted by Crippen LogP contribution is -2.07. The molecule has 2 aromatic rings. The molecule has 0 atom stereocenters. The lowest BCUT2D eigenvalue weighted by Gasteiger charge is -2.06. The van der Waals surface area contributed by atoms with Gasteiger partial charge in [-0.15, -0.1) is 0 Å². The Kier molecular flexibility index (Phi) is 2.60. The summed E-state index contributed by atoms with van der Waals surface area (Å²) in [6.07, 6.45) is 1.59. The highest BCUT2D eigenvalue weighted by molar-refractivity contribution is 5.38. The van der Waals surface area contributed by atoms with E-state index in [1.165, 1.54) is 4.68 Å². The zero-order valence-electron chi connectivity index (χ0n) is 8.74. The molecule has 0 spiro atoms. The Bertz CT molecular complexity index is 520. The number of nitrogens with two attached hydrogens (primary N) is 1. The van der Waals surface area contributed by atoms with E-state index in [0.29, 0.717) is 5.82 Å². The molecule has 84 valence electrons. The molecule has 0 saturated heterocycles. The highest BCUT2D eigenvalue weighted by Crippen LogP contribution is 2.15. The third-order valence-corrected chi connectivity index (χ3v) is 2.40. The van der Waals surface area contributed by atoms with Crippen molar-refractivity contribution in [2.75, 3.05) is 5.73 Å². The molecule has 2 rings (SSSR count). The molecule has 0 amide bonds. The third kappa shape index (κ3) is 1.88. The number of aryl methyl sites for hydroxylation is 1. The fraction of sp³-hybridized carbons (Fsp3) is 0.182. The van der Waals surface area contributed by atoms with E-state index in [1.807, 2.05) is 0 Å². The molecule has 0 bridgehead atoms. The number of nitrogen functional groups attached to an aromatic ring is 1. The van der Waals surface area contributed by atoms with Crippen LogP contribution in [0.5, 0.6) is 0 Å². The number of rotatable bonds is 2. The second kappa shape index (κ2) is 3.92. The van der Waals surface area contributed by atoms with E-state index in [9.17, 15) is 8.78 Å². The Morgan fingerprint density at radius 2 is 2.12 bits per heavy atom. The van der Waals surface area contributed by atoms with Crippen LogP contribution in [0.1, 0.15) is 11.1 Å². The van der Waals surface area contributed by atoms with Crippen molar-refractivity contribution in [3.05, 3.63) is 47.2 Å². The zero-order valence-corrected chi connectivity index (χ0v) is 8.74. The summed E-state index contributed by atoms with van der Waals surface area (Å²) in [7, 11) is 0. The Morgan fingerprint density at radius 1 is 1.38 bits per heavy atom. The minimum absolute atomic E-state index is 0.128. The first kappa shape index (κ1) is 10.6. The molecule has 1 aromatic heterocycles. The number of nitrogens with zero attached hydrogens (tertiary/aromatic N) is 2. The summed E-state index contributed by atoms with van der Waals surface area (Å²) >= 11 is 0. The van der Waals surface area contributed by atoms with Gasteiger partial charge in [-0.05, 0) is 25.1 Å². The molecule has 0 aliphatic carbocycles. The van der Waals surface area contributed by atoms with Gasteiger partial charge in [-0.25, -0.2) is 13.5 Å². The molecule has 16 heavy (non-hydrogen) atoms. The molecule has 2 N–H and O–H groups in total. The monoisotopic (exact) mass is 223 g/mol. The van der Waals surface area contributed by atoms with Crippen LogP contribution in [0.25, 0.3) is 0 Å². The van der Waals surface area contributed by atoms with Gasteiger partial charge in [-0.1, -0.05) is 0 Å². The molecular weight excluding hydrogens is 212 g/mol. The minimum atomic E-state index is -0.473. The lowest BCUT2D eigenvalue weighted by atomic mass is 10.2. The topological polar surface area (TPSA) is 43.8 Å². The summed E-state index contributed by atoms with van der Waals surface area (Å²) in [5.41, 5.74) is 6.77. The third-order valence-electron chi connectivity index (χ3n) is 2.40. The molecule has 0 aliphatic heterocycles. The van der Waals surface area contributed by atoms with E-state index in [4.69, 9.17) is 5.73 Å². The van der Waals surface area contributed by atoms with Crippen LogP contribution in [-0.4, -0.2) is 9.78 Å². The van der Waals surface area contributed by atoms with Crippen molar-refractivity contribution in [2.45, 2.75) is 13.5 Å². The van der Waals surface area contributed by atoms with Crippen molar-refractivity contribution in [3.8, 4) is 0 Å². The number of hydrogen-bond acceptors (Lipinski definition) is 2. The molecule has 3 nitrogen and oxygen atoms in total. The molecule has 0 fully saturated rings.